The summed E-state index contributed by atoms with van der Waals surface area (Å²) in [6.45, 7) is 4.31. The molecule has 0 saturated carbocycles. The zero-order valence-corrected chi connectivity index (χ0v) is 11.8. The molecule has 2 amide bonds. The minimum Gasteiger partial charge on any atom is -0.481 e. The molecule has 1 rings (SSSR count). The van der Waals surface area contributed by atoms with Crippen LogP contribution in [0.15, 0.2) is 0 Å². The molecule has 1 fully saturated rings. The quantitative estimate of drug-likeness (QED) is 0.689. The van der Waals surface area contributed by atoms with E-state index in [1.807, 2.05) is 13.8 Å². The third kappa shape index (κ3) is 3.76. The molecule has 0 aromatic carbocycles. The lowest BCUT2D eigenvalue weighted by atomic mass is 10.2. The van der Waals surface area contributed by atoms with Crippen molar-refractivity contribution in [2.45, 2.75) is 51.6 Å². The molecule has 1 aliphatic rings. The van der Waals surface area contributed by atoms with Gasteiger partial charge >= 0.3 is 5.97 Å². The number of rotatable bonds is 7. The van der Waals surface area contributed by atoms with Crippen LogP contribution < -0.4 is 0 Å². The SMILES string of the molecule is CCC(C)N1C(=O)CC(N(C)CCCC(=O)O)C1=O. The second-order valence-corrected chi connectivity index (χ2v) is 5.06. The van der Waals surface area contributed by atoms with Crippen molar-refractivity contribution in [2.75, 3.05) is 13.6 Å². The summed E-state index contributed by atoms with van der Waals surface area (Å²) in [7, 11) is 1.76. The van der Waals surface area contributed by atoms with Gasteiger partial charge in [0.05, 0.1) is 12.5 Å². The van der Waals surface area contributed by atoms with E-state index >= 15 is 0 Å². The highest BCUT2D eigenvalue weighted by Gasteiger charge is 2.42. The average molecular weight is 270 g/mol. The zero-order chi connectivity index (χ0) is 14.6. The Morgan fingerprint density at radius 1 is 1.53 bits per heavy atom. The Hall–Kier alpha value is -1.43. The van der Waals surface area contributed by atoms with Crippen molar-refractivity contribution in [1.82, 2.24) is 9.80 Å². The minimum atomic E-state index is -0.844. The molecule has 1 heterocycles. The highest BCUT2D eigenvalue weighted by Crippen LogP contribution is 2.21. The Morgan fingerprint density at radius 2 is 2.16 bits per heavy atom. The number of likely N-dealkylation sites (N-methyl/N-ethyl adjacent to an activating group) is 1. The predicted octanol–water partition coefficient (Wildman–Crippen LogP) is 0.709. The van der Waals surface area contributed by atoms with Crippen LogP contribution >= 0.6 is 0 Å². The van der Waals surface area contributed by atoms with Crippen molar-refractivity contribution in [3.63, 3.8) is 0 Å². The van der Waals surface area contributed by atoms with Gasteiger partial charge in [-0.1, -0.05) is 6.92 Å². The molecule has 2 atom stereocenters. The number of likely N-dealkylation sites (tertiary alicyclic amines) is 1. The Bertz CT molecular complexity index is 370. The third-order valence-electron chi connectivity index (χ3n) is 3.62. The fourth-order valence-electron chi connectivity index (χ4n) is 2.26. The van der Waals surface area contributed by atoms with E-state index in [1.54, 1.807) is 11.9 Å². The molecular formula is C13H22N2O4. The van der Waals surface area contributed by atoms with Crippen molar-refractivity contribution >= 4 is 17.8 Å². The maximum Gasteiger partial charge on any atom is 0.303 e. The molecular weight excluding hydrogens is 248 g/mol. The maximum absolute atomic E-state index is 12.2. The summed E-state index contributed by atoms with van der Waals surface area (Å²) in [6.07, 6.45) is 1.50. The van der Waals surface area contributed by atoms with E-state index < -0.39 is 12.0 Å². The molecule has 0 bridgehead atoms. The molecule has 6 nitrogen and oxygen atoms in total. The van der Waals surface area contributed by atoms with Crippen LogP contribution in [-0.4, -0.2) is 58.4 Å². The summed E-state index contributed by atoms with van der Waals surface area (Å²) in [5.41, 5.74) is 0. The summed E-state index contributed by atoms with van der Waals surface area (Å²) in [5.74, 6) is -1.13. The van der Waals surface area contributed by atoms with Crippen LogP contribution in [0.3, 0.4) is 0 Å². The van der Waals surface area contributed by atoms with Crippen LogP contribution in [0.2, 0.25) is 0 Å². The number of hydrogen-bond acceptors (Lipinski definition) is 4. The number of aliphatic carboxylic acids is 1. The van der Waals surface area contributed by atoms with Crippen molar-refractivity contribution in [3.8, 4) is 0 Å². The zero-order valence-electron chi connectivity index (χ0n) is 11.8. The van der Waals surface area contributed by atoms with Gasteiger partial charge in [-0.2, -0.15) is 0 Å². The first-order valence-electron chi connectivity index (χ1n) is 6.66. The second-order valence-electron chi connectivity index (χ2n) is 5.06. The lowest BCUT2D eigenvalue weighted by Gasteiger charge is -2.25. The van der Waals surface area contributed by atoms with Crippen molar-refractivity contribution in [3.05, 3.63) is 0 Å². The van der Waals surface area contributed by atoms with E-state index in [1.165, 1.54) is 4.90 Å². The number of carboxylic acid groups (broad SMARTS) is 1. The van der Waals surface area contributed by atoms with Gasteiger partial charge in [-0.3, -0.25) is 24.2 Å². The van der Waals surface area contributed by atoms with Crippen molar-refractivity contribution in [1.29, 1.82) is 0 Å². The van der Waals surface area contributed by atoms with Crippen LogP contribution in [0.25, 0.3) is 0 Å². The lowest BCUT2D eigenvalue weighted by molar-refractivity contribution is -0.142. The fourth-order valence-corrected chi connectivity index (χ4v) is 2.26. The first kappa shape index (κ1) is 15.6. The van der Waals surface area contributed by atoms with Gasteiger partial charge < -0.3 is 5.11 Å². The minimum absolute atomic E-state index is 0.0718. The summed E-state index contributed by atoms with van der Waals surface area (Å²) < 4.78 is 0. The van der Waals surface area contributed by atoms with Gasteiger partial charge in [0.15, 0.2) is 0 Å². The fraction of sp³-hybridized carbons (Fsp3) is 0.769. The third-order valence-corrected chi connectivity index (χ3v) is 3.62. The van der Waals surface area contributed by atoms with Crippen LogP contribution in [0.4, 0.5) is 0 Å². The molecule has 19 heavy (non-hydrogen) atoms. The first-order valence-corrected chi connectivity index (χ1v) is 6.66. The molecule has 1 aliphatic heterocycles. The molecule has 0 spiro atoms. The molecule has 6 heteroatoms. The number of imide groups is 1. The Labute approximate surface area is 113 Å². The first-order chi connectivity index (χ1) is 8.88. The smallest absolute Gasteiger partial charge is 0.303 e. The Morgan fingerprint density at radius 3 is 2.68 bits per heavy atom. The van der Waals surface area contributed by atoms with Gasteiger partial charge in [0, 0.05) is 12.5 Å². The van der Waals surface area contributed by atoms with E-state index in [0.717, 1.165) is 6.42 Å². The van der Waals surface area contributed by atoms with E-state index in [9.17, 15) is 14.4 Å². The topological polar surface area (TPSA) is 77.9 Å². The summed E-state index contributed by atoms with van der Waals surface area (Å²) in [6, 6.07) is -0.507. The standard InChI is InChI=1S/C13H22N2O4/c1-4-9(2)15-11(16)8-10(13(15)19)14(3)7-5-6-12(17)18/h9-10H,4-8H2,1-3H3,(H,17,18). The molecule has 0 aliphatic carbocycles. The predicted molar refractivity (Wildman–Crippen MR) is 69.5 cm³/mol. The number of nitrogens with zero attached hydrogens (tertiary/aromatic N) is 2. The summed E-state index contributed by atoms with van der Waals surface area (Å²) >= 11 is 0. The van der Waals surface area contributed by atoms with E-state index in [4.69, 9.17) is 5.11 Å². The van der Waals surface area contributed by atoms with Crippen LogP contribution in [0.5, 0.6) is 0 Å². The molecule has 1 saturated heterocycles. The molecule has 108 valence electrons. The van der Waals surface area contributed by atoms with Crippen LogP contribution in [0.1, 0.15) is 39.5 Å². The Kier molecular flexibility index (Phi) is 5.47. The monoisotopic (exact) mass is 270 g/mol. The van der Waals surface area contributed by atoms with E-state index in [2.05, 4.69) is 0 Å². The molecule has 1 N–H and O–H groups in total. The lowest BCUT2D eigenvalue weighted by Crippen LogP contribution is -2.43. The number of carbonyl (C=O) groups is 3. The molecule has 0 aromatic heterocycles. The summed E-state index contributed by atoms with van der Waals surface area (Å²) in [5, 5.41) is 8.58. The normalized spacial score (nSPS) is 21.3. The van der Waals surface area contributed by atoms with Crippen LogP contribution in [-0.2, 0) is 14.4 Å². The molecule has 0 radical (unpaired) electrons. The maximum atomic E-state index is 12.2. The van der Waals surface area contributed by atoms with Gasteiger partial charge in [-0.05, 0) is 33.4 Å². The van der Waals surface area contributed by atoms with Gasteiger partial charge in [0.2, 0.25) is 11.8 Å². The van der Waals surface area contributed by atoms with Gasteiger partial charge in [-0.25, -0.2) is 0 Å². The highest BCUT2D eigenvalue weighted by atomic mass is 16.4. The molecule has 0 aromatic rings. The van der Waals surface area contributed by atoms with Gasteiger partial charge in [0.25, 0.3) is 0 Å². The number of carbonyl (C=O) groups excluding carboxylic acids is 2. The Balaban J connectivity index is 2.58. The largest absolute Gasteiger partial charge is 0.481 e. The van der Waals surface area contributed by atoms with Crippen molar-refractivity contribution in [2.24, 2.45) is 0 Å². The van der Waals surface area contributed by atoms with Gasteiger partial charge in [0.1, 0.15) is 0 Å². The highest BCUT2D eigenvalue weighted by molar-refractivity contribution is 6.05. The van der Waals surface area contributed by atoms with Crippen molar-refractivity contribution < 1.29 is 19.5 Å². The second kappa shape index (κ2) is 6.65. The number of carboxylic acids is 1. The number of amides is 2. The number of hydrogen-bond donors (Lipinski definition) is 1. The molecule has 2 unspecified atom stereocenters. The van der Waals surface area contributed by atoms with E-state index in [-0.39, 0.29) is 30.7 Å². The summed E-state index contributed by atoms with van der Waals surface area (Å²) in [4.78, 5) is 37.6. The average Bonchev–Trinajstić information content (AvgIpc) is 2.63. The van der Waals surface area contributed by atoms with Gasteiger partial charge in [-0.15, -0.1) is 0 Å². The van der Waals surface area contributed by atoms with E-state index in [0.29, 0.717) is 13.0 Å². The van der Waals surface area contributed by atoms with Crippen LogP contribution in [0, 0.1) is 0 Å².